The van der Waals surface area contributed by atoms with Gasteiger partial charge in [-0.25, -0.2) is 0 Å². The van der Waals surface area contributed by atoms with Crippen LogP contribution in [0.5, 0.6) is 0 Å². The Morgan fingerprint density at radius 3 is 2.25 bits per heavy atom. The normalized spacial score (nSPS) is 15.6. The molecule has 2 atom stereocenters. The van der Waals surface area contributed by atoms with Crippen molar-refractivity contribution >= 4 is 0 Å². The van der Waals surface area contributed by atoms with Crippen LogP contribution in [0.2, 0.25) is 0 Å². The Labute approximate surface area is 72.5 Å². The zero-order valence-electron chi connectivity index (χ0n) is 7.14. The first-order valence-electron chi connectivity index (χ1n) is 4.16. The largest absolute Gasteiger partial charge is 0.390 e. The van der Waals surface area contributed by atoms with Gasteiger partial charge in [-0.15, -0.1) is 0 Å². The molecular weight excluding hydrogens is 152 g/mol. The van der Waals surface area contributed by atoms with E-state index in [0.29, 0.717) is 6.42 Å². The summed E-state index contributed by atoms with van der Waals surface area (Å²) in [5.41, 5.74) is 0.770. The van der Waals surface area contributed by atoms with Crippen molar-refractivity contribution in [3.63, 3.8) is 0 Å². The summed E-state index contributed by atoms with van der Waals surface area (Å²) in [6.07, 6.45) is -0.848. The molecule has 0 unspecified atom stereocenters. The lowest BCUT2D eigenvalue weighted by molar-refractivity contribution is 0.0165. The minimum absolute atomic E-state index is 0.566. The molecule has 0 aliphatic rings. The molecule has 0 saturated carbocycles. The molecule has 0 heterocycles. The van der Waals surface area contributed by atoms with Crippen LogP contribution in [-0.2, 0) is 0 Å². The van der Waals surface area contributed by atoms with Gasteiger partial charge in [0, 0.05) is 0 Å². The van der Waals surface area contributed by atoms with Crippen molar-refractivity contribution in [3.05, 3.63) is 35.9 Å². The van der Waals surface area contributed by atoms with Crippen molar-refractivity contribution < 1.29 is 10.2 Å². The maximum atomic E-state index is 9.54. The quantitative estimate of drug-likeness (QED) is 0.714. The van der Waals surface area contributed by atoms with E-state index in [1.54, 1.807) is 0 Å². The molecule has 2 nitrogen and oxygen atoms in total. The highest BCUT2D eigenvalue weighted by Crippen LogP contribution is 2.17. The predicted molar refractivity (Wildman–Crippen MR) is 47.7 cm³/mol. The molecule has 66 valence electrons. The van der Waals surface area contributed by atoms with Crippen molar-refractivity contribution in [1.29, 1.82) is 0 Å². The average molecular weight is 166 g/mol. The number of benzene rings is 1. The van der Waals surface area contributed by atoms with Gasteiger partial charge in [0.15, 0.2) is 0 Å². The van der Waals surface area contributed by atoms with Gasteiger partial charge in [0.25, 0.3) is 0 Å². The molecule has 0 aliphatic heterocycles. The Bertz CT molecular complexity index is 221. The third-order valence-corrected chi connectivity index (χ3v) is 1.92. The van der Waals surface area contributed by atoms with Crippen LogP contribution in [0.15, 0.2) is 30.3 Å². The van der Waals surface area contributed by atoms with Crippen LogP contribution in [0.4, 0.5) is 0 Å². The summed E-state index contributed by atoms with van der Waals surface area (Å²) in [6, 6.07) is 9.20. The molecule has 2 N–H and O–H groups in total. The first-order valence-corrected chi connectivity index (χ1v) is 4.16. The van der Waals surface area contributed by atoms with Crippen LogP contribution in [0.3, 0.4) is 0 Å². The van der Waals surface area contributed by atoms with Crippen molar-refractivity contribution in [1.82, 2.24) is 0 Å². The third kappa shape index (κ3) is 2.06. The summed E-state index contributed by atoms with van der Waals surface area (Å²) in [4.78, 5) is 0. The van der Waals surface area contributed by atoms with Crippen LogP contribution < -0.4 is 0 Å². The molecular formula is C10H14O2. The zero-order chi connectivity index (χ0) is 8.97. The van der Waals surface area contributed by atoms with Crippen molar-refractivity contribution in [3.8, 4) is 0 Å². The number of hydrogen-bond acceptors (Lipinski definition) is 2. The summed E-state index contributed by atoms with van der Waals surface area (Å²) in [7, 11) is 0. The Morgan fingerprint density at radius 1 is 1.17 bits per heavy atom. The van der Waals surface area contributed by atoms with E-state index in [9.17, 15) is 10.2 Å². The Kier molecular flexibility index (Phi) is 3.26. The maximum Gasteiger partial charge on any atom is 0.105 e. The van der Waals surface area contributed by atoms with Crippen molar-refractivity contribution in [2.24, 2.45) is 0 Å². The molecule has 0 radical (unpaired) electrons. The number of aliphatic hydroxyl groups is 2. The van der Waals surface area contributed by atoms with Gasteiger partial charge in [-0.05, 0) is 12.0 Å². The SMILES string of the molecule is CC[C@H](O)[C@H](O)c1ccccc1. The predicted octanol–water partition coefficient (Wildman–Crippen LogP) is 1.49. The van der Waals surface area contributed by atoms with Gasteiger partial charge in [-0.3, -0.25) is 0 Å². The highest BCUT2D eigenvalue weighted by Gasteiger charge is 2.15. The van der Waals surface area contributed by atoms with Gasteiger partial charge in [0.05, 0.1) is 6.10 Å². The zero-order valence-corrected chi connectivity index (χ0v) is 7.14. The summed E-state index contributed by atoms with van der Waals surface area (Å²) in [5.74, 6) is 0. The molecule has 0 spiro atoms. The summed E-state index contributed by atoms with van der Waals surface area (Å²) >= 11 is 0. The molecule has 0 aromatic heterocycles. The lowest BCUT2D eigenvalue weighted by Gasteiger charge is -2.15. The first-order chi connectivity index (χ1) is 5.75. The molecule has 2 heteroatoms. The van der Waals surface area contributed by atoms with Gasteiger partial charge in [0.2, 0.25) is 0 Å². The molecule has 1 aromatic rings. The second kappa shape index (κ2) is 4.24. The maximum absolute atomic E-state index is 9.54. The van der Waals surface area contributed by atoms with E-state index >= 15 is 0 Å². The molecule has 0 fully saturated rings. The van der Waals surface area contributed by atoms with Crippen molar-refractivity contribution in [2.45, 2.75) is 25.6 Å². The fraction of sp³-hybridized carbons (Fsp3) is 0.400. The fourth-order valence-electron chi connectivity index (χ4n) is 1.10. The Hall–Kier alpha value is -0.860. The van der Waals surface area contributed by atoms with Gasteiger partial charge < -0.3 is 10.2 Å². The van der Waals surface area contributed by atoms with E-state index < -0.39 is 12.2 Å². The van der Waals surface area contributed by atoms with E-state index in [2.05, 4.69) is 0 Å². The molecule has 12 heavy (non-hydrogen) atoms. The van der Waals surface area contributed by atoms with Crippen LogP contribution in [-0.4, -0.2) is 16.3 Å². The van der Waals surface area contributed by atoms with Gasteiger partial charge in [-0.1, -0.05) is 37.3 Å². The van der Waals surface area contributed by atoms with E-state index in [-0.39, 0.29) is 0 Å². The Morgan fingerprint density at radius 2 is 1.75 bits per heavy atom. The van der Waals surface area contributed by atoms with E-state index in [0.717, 1.165) is 5.56 Å². The standard InChI is InChI=1S/C10H14O2/c1-2-9(11)10(12)8-6-4-3-5-7-8/h3-7,9-12H,2H2,1H3/t9-,10+/m0/s1. The van der Waals surface area contributed by atoms with E-state index in [1.807, 2.05) is 37.3 Å². The molecule has 0 amide bonds. The number of rotatable bonds is 3. The molecule has 1 rings (SSSR count). The lowest BCUT2D eigenvalue weighted by atomic mass is 10.0. The van der Waals surface area contributed by atoms with Crippen LogP contribution in [0.1, 0.15) is 25.0 Å². The van der Waals surface area contributed by atoms with Gasteiger partial charge in [-0.2, -0.15) is 0 Å². The van der Waals surface area contributed by atoms with Gasteiger partial charge >= 0.3 is 0 Å². The van der Waals surface area contributed by atoms with Crippen molar-refractivity contribution in [2.75, 3.05) is 0 Å². The number of hydrogen-bond donors (Lipinski definition) is 2. The summed E-state index contributed by atoms with van der Waals surface area (Å²) in [6.45, 7) is 1.84. The highest BCUT2D eigenvalue weighted by atomic mass is 16.3. The first kappa shape index (κ1) is 9.23. The lowest BCUT2D eigenvalue weighted by Crippen LogP contribution is -2.16. The molecule has 1 aromatic carbocycles. The monoisotopic (exact) mass is 166 g/mol. The highest BCUT2D eigenvalue weighted by molar-refractivity contribution is 5.18. The van der Waals surface area contributed by atoms with Crippen LogP contribution in [0, 0.1) is 0 Å². The van der Waals surface area contributed by atoms with Crippen LogP contribution in [0.25, 0.3) is 0 Å². The molecule has 0 bridgehead atoms. The van der Waals surface area contributed by atoms with Gasteiger partial charge in [0.1, 0.15) is 6.10 Å². The minimum atomic E-state index is -0.754. The molecule has 0 saturated heterocycles. The third-order valence-electron chi connectivity index (χ3n) is 1.92. The average Bonchev–Trinajstić information content (AvgIpc) is 2.17. The minimum Gasteiger partial charge on any atom is -0.390 e. The topological polar surface area (TPSA) is 40.5 Å². The smallest absolute Gasteiger partial charge is 0.105 e. The fourth-order valence-corrected chi connectivity index (χ4v) is 1.10. The second-order valence-corrected chi connectivity index (χ2v) is 2.83. The van der Waals surface area contributed by atoms with E-state index in [4.69, 9.17) is 0 Å². The summed E-state index contributed by atoms with van der Waals surface area (Å²) < 4.78 is 0. The summed E-state index contributed by atoms with van der Waals surface area (Å²) in [5, 5.41) is 18.9. The Balaban J connectivity index is 2.71. The molecule has 0 aliphatic carbocycles. The van der Waals surface area contributed by atoms with Crippen LogP contribution >= 0.6 is 0 Å². The second-order valence-electron chi connectivity index (χ2n) is 2.83. The van der Waals surface area contributed by atoms with E-state index in [1.165, 1.54) is 0 Å². The number of aliphatic hydroxyl groups excluding tert-OH is 2.